The molecule has 3 rings (SSSR count). The Morgan fingerprint density at radius 3 is 2.18 bits per heavy atom. The van der Waals surface area contributed by atoms with E-state index in [1.165, 1.54) is 0 Å². The molecule has 1 saturated heterocycles. The van der Waals surface area contributed by atoms with Crippen molar-refractivity contribution in [2.45, 2.75) is 20.3 Å². The number of amides is 2. The molecule has 0 atom stereocenters. The van der Waals surface area contributed by atoms with Crippen molar-refractivity contribution < 1.29 is 9.59 Å². The summed E-state index contributed by atoms with van der Waals surface area (Å²) in [4.78, 5) is 28.9. The lowest BCUT2D eigenvalue weighted by molar-refractivity contribution is -0.132. The molecule has 2 aromatic carbocycles. The minimum absolute atomic E-state index is 0.0154. The number of hydrogen-bond acceptors (Lipinski definition) is 3. The number of benzene rings is 2. The van der Waals surface area contributed by atoms with E-state index in [1.54, 1.807) is 12.1 Å². The highest BCUT2D eigenvalue weighted by atomic mass is 35.5. The van der Waals surface area contributed by atoms with E-state index in [-0.39, 0.29) is 11.8 Å². The second-order valence-electron chi connectivity index (χ2n) is 7.28. The quantitative estimate of drug-likeness (QED) is 0.839. The second kappa shape index (κ2) is 9.22. The zero-order valence-corrected chi connectivity index (χ0v) is 17.1. The van der Waals surface area contributed by atoms with Gasteiger partial charge in [0.2, 0.25) is 11.8 Å². The van der Waals surface area contributed by atoms with Crippen molar-refractivity contribution in [2.24, 2.45) is 0 Å². The van der Waals surface area contributed by atoms with Crippen molar-refractivity contribution in [3.63, 3.8) is 0 Å². The first-order valence-electron chi connectivity index (χ1n) is 9.53. The van der Waals surface area contributed by atoms with E-state index in [1.807, 2.05) is 49.1 Å². The van der Waals surface area contributed by atoms with Crippen LogP contribution in [0, 0.1) is 13.8 Å². The summed E-state index contributed by atoms with van der Waals surface area (Å²) in [7, 11) is 0. The Bertz CT molecular complexity index is 823. The standard InChI is InChI=1S/C22H26ClN3O2/c1-16-4-3-5-17(2)22(16)24-20(27)15-25-10-12-26(13-11-25)21(28)14-18-6-8-19(23)9-7-18/h3-9H,10-15H2,1-2H3,(H,24,27). The van der Waals surface area contributed by atoms with E-state index in [4.69, 9.17) is 11.6 Å². The summed E-state index contributed by atoms with van der Waals surface area (Å²) >= 11 is 5.89. The molecule has 0 aliphatic carbocycles. The Hall–Kier alpha value is -2.37. The molecule has 6 heteroatoms. The number of para-hydroxylation sites is 1. The Morgan fingerprint density at radius 2 is 1.57 bits per heavy atom. The molecular formula is C22H26ClN3O2. The fourth-order valence-corrected chi connectivity index (χ4v) is 3.56. The molecule has 0 bridgehead atoms. The number of carbonyl (C=O) groups is 2. The van der Waals surface area contributed by atoms with Crippen molar-refractivity contribution >= 4 is 29.1 Å². The van der Waals surface area contributed by atoms with Crippen molar-refractivity contribution in [3.8, 4) is 0 Å². The number of nitrogens with zero attached hydrogens (tertiary/aromatic N) is 2. The third kappa shape index (κ3) is 5.33. The van der Waals surface area contributed by atoms with Crippen LogP contribution >= 0.6 is 11.6 Å². The van der Waals surface area contributed by atoms with E-state index in [0.717, 1.165) is 22.4 Å². The molecule has 1 fully saturated rings. The van der Waals surface area contributed by atoms with Gasteiger partial charge in [0, 0.05) is 36.9 Å². The maximum atomic E-state index is 12.5. The molecular weight excluding hydrogens is 374 g/mol. The topological polar surface area (TPSA) is 52.7 Å². The highest BCUT2D eigenvalue weighted by molar-refractivity contribution is 6.30. The van der Waals surface area contributed by atoms with Crippen LogP contribution in [0.25, 0.3) is 0 Å². The minimum atomic E-state index is -0.0154. The molecule has 1 N–H and O–H groups in total. The summed E-state index contributed by atoms with van der Waals surface area (Å²) in [5.74, 6) is 0.0975. The van der Waals surface area contributed by atoms with Crippen LogP contribution in [0.15, 0.2) is 42.5 Å². The van der Waals surface area contributed by atoms with Gasteiger partial charge in [-0.2, -0.15) is 0 Å². The first kappa shape index (κ1) is 20.4. The van der Waals surface area contributed by atoms with Crippen molar-refractivity contribution in [1.82, 2.24) is 9.80 Å². The Morgan fingerprint density at radius 1 is 0.964 bits per heavy atom. The van der Waals surface area contributed by atoms with E-state index >= 15 is 0 Å². The van der Waals surface area contributed by atoms with Crippen LogP contribution in [0.2, 0.25) is 5.02 Å². The summed E-state index contributed by atoms with van der Waals surface area (Å²) in [5, 5.41) is 3.70. The van der Waals surface area contributed by atoms with Crippen LogP contribution in [0.1, 0.15) is 16.7 Å². The summed E-state index contributed by atoms with van der Waals surface area (Å²) in [6, 6.07) is 13.3. The summed E-state index contributed by atoms with van der Waals surface area (Å²) in [5.41, 5.74) is 3.98. The molecule has 1 aliphatic rings. The maximum absolute atomic E-state index is 12.5. The SMILES string of the molecule is Cc1cccc(C)c1NC(=O)CN1CCN(C(=O)Cc2ccc(Cl)cc2)CC1. The fraction of sp³-hybridized carbons (Fsp3) is 0.364. The van der Waals surface area contributed by atoms with Crippen LogP contribution in [0.3, 0.4) is 0 Å². The van der Waals surface area contributed by atoms with Crippen LogP contribution < -0.4 is 5.32 Å². The van der Waals surface area contributed by atoms with Crippen molar-refractivity contribution in [2.75, 3.05) is 38.0 Å². The number of anilines is 1. The molecule has 148 valence electrons. The van der Waals surface area contributed by atoms with Gasteiger partial charge in [-0.05, 0) is 42.7 Å². The van der Waals surface area contributed by atoms with Crippen LogP contribution in [0.5, 0.6) is 0 Å². The number of rotatable bonds is 5. The first-order chi connectivity index (χ1) is 13.4. The Labute approximate surface area is 171 Å². The lowest BCUT2D eigenvalue weighted by atomic mass is 10.1. The van der Waals surface area contributed by atoms with Gasteiger partial charge in [0.15, 0.2) is 0 Å². The van der Waals surface area contributed by atoms with Gasteiger partial charge in [-0.25, -0.2) is 0 Å². The molecule has 2 aromatic rings. The minimum Gasteiger partial charge on any atom is -0.340 e. The summed E-state index contributed by atoms with van der Waals surface area (Å²) in [6.45, 7) is 7.01. The maximum Gasteiger partial charge on any atom is 0.238 e. The average molecular weight is 400 g/mol. The molecule has 0 saturated carbocycles. The van der Waals surface area contributed by atoms with Crippen molar-refractivity contribution in [3.05, 3.63) is 64.2 Å². The first-order valence-corrected chi connectivity index (χ1v) is 9.91. The molecule has 0 spiro atoms. The van der Waals surface area contributed by atoms with E-state index in [0.29, 0.717) is 44.2 Å². The molecule has 5 nitrogen and oxygen atoms in total. The molecule has 1 aliphatic heterocycles. The Kier molecular flexibility index (Phi) is 6.70. The van der Waals surface area contributed by atoms with Gasteiger partial charge in [0.1, 0.15) is 0 Å². The van der Waals surface area contributed by atoms with Gasteiger partial charge >= 0.3 is 0 Å². The molecule has 0 unspecified atom stereocenters. The Balaban J connectivity index is 1.46. The van der Waals surface area contributed by atoms with E-state index < -0.39 is 0 Å². The molecule has 2 amide bonds. The fourth-order valence-electron chi connectivity index (χ4n) is 3.44. The van der Waals surface area contributed by atoms with Gasteiger partial charge in [-0.15, -0.1) is 0 Å². The normalized spacial score (nSPS) is 14.8. The molecule has 1 heterocycles. The largest absolute Gasteiger partial charge is 0.340 e. The summed E-state index contributed by atoms with van der Waals surface area (Å²) < 4.78 is 0. The number of carbonyl (C=O) groups excluding carboxylic acids is 2. The molecule has 0 radical (unpaired) electrons. The zero-order chi connectivity index (χ0) is 20.1. The van der Waals surface area contributed by atoms with Crippen LogP contribution in [-0.4, -0.2) is 54.3 Å². The van der Waals surface area contributed by atoms with Crippen LogP contribution in [-0.2, 0) is 16.0 Å². The number of hydrogen-bond donors (Lipinski definition) is 1. The van der Waals surface area contributed by atoms with Gasteiger partial charge in [-0.1, -0.05) is 41.9 Å². The average Bonchev–Trinajstić information content (AvgIpc) is 2.67. The third-order valence-electron chi connectivity index (χ3n) is 5.11. The zero-order valence-electron chi connectivity index (χ0n) is 16.4. The smallest absolute Gasteiger partial charge is 0.238 e. The van der Waals surface area contributed by atoms with Gasteiger partial charge in [0.05, 0.1) is 13.0 Å². The number of piperazine rings is 1. The number of aryl methyl sites for hydroxylation is 2. The van der Waals surface area contributed by atoms with Gasteiger partial charge < -0.3 is 10.2 Å². The predicted molar refractivity (Wildman–Crippen MR) is 113 cm³/mol. The summed E-state index contributed by atoms with van der Waals surface area (Å²) in [6.07, 6.45) is 0.379. The lowest BCUT2D eigenvalue weighted by Gasteiger charge is -2.34. The number of halogens is 1. The highest BCUT2D eigenvalue weighted by Crippen LogP contribution is 2.19. The highest BCUT2D eigenvalue weighted by Gasteiger charge is 2.22. The lowest BCUT2D eigenvalue weighted by Crippen LogP contribution is -2.50. The number of nitrogens with one attached hydrogen (secondary N) is 1. The van der Waals surface area contributed by atoms with Gasteiger partial charge in [0.25, 0.3) is 0 Å². The third-order valence-corrected chi connectivity index (χ3v) is 5.36. The van der Waals surface area contributed by atoms with Crippen molar-refractivity contribution in [1.29, 1.82) is 0 Å². The monoisotopic (exact) mass is 399 g/mol. The molecule has 0 aromatic heterocycles. The van der Waals surface area contributed by atoms with E-state index in [9.17, 15) is 9.59 Å². The predicted octanol–water partition coefficient (Wildman–Crippen LogP) is 3.28. The molecule has 28 heavy (non-hydrogen) atoms. The van der Waals surface area contributed by atoms with E-state index in [2.05, 4.69) is 10.2 Å². The van der Waals surface area contributed by atoms with Crippen LogP contribution in [0.4, 0.5) is 5.69 Å². The van der Waals surface area contributed by atoms with Gasteiger partial charge in [-0.3, -0.25) is 14.5 Å². The second-order valence-corrected chi connectivity index (χ2v) is 7.71.